The van der Waals surface area contributed by atoms with Crippen LogP contribution in [-0.2, 0) is 17.9 Å². The minimum absolute atomic E-state index is 0.00549. The van der Waals surface area contributed by atoms with E-state index in [1.54, 1.807) is 48.5 Å². The second-order valence-corrected chi connectivity index (χ2v) is 6.07. The summed E-state index contributed by atoms with van der Waals surface area (Å²) in [7, 11) is 1.31. The highest BCUT2D eigenvalue weighted by Gasteiger charge is 2.15. The summed E-state index contributed by atoms with van der Waals surface area (Å²) in [6.45, 7) is 0.308. The van der Waals surface area contributed by atoms with Gasteiger partial charge in [0.25, 0.3) is 0 Å². The standard InChI is InChI=1S/C19H16ClN3O5/c1-26-19(25)13-4-8-15(9-5-13)27-11-16-22-18(28-23-16)17(24)21-10-12-2-6-14(20)7-3-12/h2-9H,10-11H2,1H3,(H,21,24). The Hall–Kier alpha value is -3.39. The number of rotatable bonds is 7. The fourth-order valence-electron chi connectivity index (χ4n) is 2.22. The first-order chi connectivity index (χ1) is 13.5. The third-order valence-electron chi connectivity index (χ3n) is 3.67. The molecule has 1 heterocycles. The number of hydrogen-bond donors (Lipinski definition) is 1. The van der Waals surface area contributed by atoms with Gasteiger partial charge >= 0.3 is 17.8 Å². The molecule has 1 aromatic heterocycles. The number of halogens is 1. The average molecular weight is 402 g/mol. The van der Waals surface area contributed by atoms with E-state index in [1.807, 2.05) is 0 Å². The minimum Gasteiger partial charge on any atom is -0.485 e. The number of carbonyl (C=O) groups excluding carboxylic acids is 2. The molecule has 3 aromatic rings. The fourth-order valence-corrected chi connectivity index (χ4v) is 2.34. The Labute approximate surface area is 165 Å². The molecule has 0 bridgehead atoms. The first kappa shape index (κ1) is 19.4. The van der Waals surface area contributed by atoms with Gasteiger partial charge in [0.2, 0.25) is 5.82 Å². The molecule has 0 aliphatic rings. The quantitative estimate of drug-likeness (QED) is 0.607. The van der Waals surface area contributed by atoms with Gasteiger partial charge < -0.3 is 19.3 Å². The molecular formula is C19H16ClN3O5. The average Bonchev–Trinajstić information content (AvgIpc) is 3.20. The van der Waals surface area contributed by atoms with E-state index in [1.165, 1.54) is 7.11 Å². The molecule has 0 spiro atoms. The van der Waals surface area contributed by atoms with Crippen LogP contribution >= 0.6 is 11.6 Å². The zero-order valence-corrected chi connectivity index (χ0v) is 15.6. The number of methoxy groups -OCH3 is 1. The molecule has 0 saturated heterocycles. The lowest BCUT2D eigenvalue weighted by molar-refractivity contribution is 0.0600. The summed E-state index contributed by atoms with van der Waals surface area (Å²) in [4.78, 5) is 27.5. The van der Waals surface area contributed by atoms with Crippen LogP contribution in [0.25, 0.3) is 0 Å². The highest BCUT2D eigenvalue weighted by Crippen LogP contribution is 2.14. The molecule has 0 unspecified atom stereocenters. The summed E-state index contributed by atoms with van der Waals surface area (Å²) >= 11 is 5.82. The predicted molar refractivity (Wildman–Crippen MR) is 99.0 cm³/mol. The largest absolute Gasteiger partial charge is 0.485 e. The van der Waals surface area contributed by atoms with E-state index >= 15 is 0 Å². The molecule has 0 aliphatic carbocycles. The number of aromatic nitrogens is 2. The number of carbonyl (C=O) groups is 2. The number of nitrogens with zero attached hydrogens (tertiary/aromatic N) is 2. The Balaban J connectivity index is 1.51. The van der Waals surface area contributed by atoms with Crippen molar-refractivity contribution in [2.24, 2.45) is 0 Å². The molecule has 2 aromatic carbocycles. The van der Waals surface area contributed by atoms with Crippen molar-refractivity contribution >= 4 is 23.5 Å². The fraction of sp³-hybridized carbons (Fsp3) is 0.158. The van der Waals surface area contributed by atoms with Gasteiger partial charge in [0.1, 0.15) is 5.75 Å². The monoisotopic (exact) mass is 401 g/mol. The van der Waals surface area contributed by atoms with Crippen LogP contribution in [0.15, 0.2) is 53.1 Å². The van der Waals surface area contributed by atoms with Crippen LogP contribution in [-0.4, -0.2) is 29.1 Å². The lowest BCUT2D eigenvalue weighted by Gasteiger charge is -2.04. The van der Waals surface area contributed by atoms with E-state index in [2.05, 4.69) is 20.2 Å². The summed E-state index contributed by atoms with van der Waals surface area (Å²) in [6.07, 6.45) is 0. The third kappa shape index (κ3) is 5.08. The molecule has 28 heavy (non-hydrogen) atoms. The molecule has 3 rings (SSSR count). The molecule has 8 nitrogen and oxygen atoms in total. The van der Waals surface area contributed by atoms with Gasteiger partial charge in [0, 0.05) is 11.6 Å². The van der Waals surface area contributed by atoms with Crippen molar-refractivity contribution in [2.75, 3.05) is 7.11 Å². The Morgan fingerprint density at radius 1 is 1.11 bits per heavy atom. The molecule has 0 saturated carbocycles. The first-order valence-electron chi connectivity index (χ1n) is 8.21. The summed E-state index contributed by atoms with van der Waals surface area (Å²) in [5.41, 5.74) is 1.30. The van der Waals surface area contributed by atoms with Crippen LogP contribution in [0.2, 0.25) is 5.02 Å². The second-order valence-electron chi connectivity index (χ2n) is 5.63. The first-order valence-corrected chi connectivity index (χ1v) is 8.59. The van der Waals surface area contributed by atoms with Crippen molar-refractivity contribution in [3.05, 3.63) is 76.4 Å². The zero-order chi connectivity index (χ0) is 19.9. The smallest absolute Gasteiger partial charge is 0.337 e. The van der Waals surface area contributed by atoms with E-state index in [-0.39, 0.29) is 18.3 Å². The van der Waals surface area contributed by atoms with Gasteiger partial charge in [-0.2, -0.15) is 4.98 Å². The highest BCUT2D eigenvalue weighted by molar-refractivity contribution is 6.30. The van der Waals surface area contributed by atoms with Crippen molar-refractivity contribution in [2.45, 2.75) is 13.2 Å². The number of esters is 1. The second kappa shape index (κ2) is 9.01. The van der Waals surface area contributed by atoms with Crippen LogP contribution in [0.5, 0.6) is 5.75 Å². The van der Waals surface area contributed by atoms with Crippen LogP contribution in [0.1, 0.15) is 32.4 Å². The molecule has 144 valence electrons. The van der Waals surface area contributed by atoms with Crippen molar-refractivity contribution < 1.29 is 23.6 Å². The molecule has 0 radical (unpaired) electrons. The van der Waals surface area contributed by atoms with Crippen molar-refractivity contribution in [1.29, 1.82) is 0 Å². The molecule has 0 aliphatic heterocycles. The van der Waals surface area contributed by atoms with Gasteiger partial charge in [-0.05, 0) is 42.0 Å². The Kier molecular flexibility index (Phi) is 6.23. The summed E-state index contributed by atoms with van der Waals surface area (Å²) in [6, 6.07) is 13.5. The van der Waals surface area contributed by atoms with Crippen LogP contribution in [0.3, 0.4) is 0 Å². The van der Waals surface area contributed by atoms with E-state index in [0.29, 0.717) is 22.9 Å². The summed E-state index contributed by atoms with van der Waals surface area (Å²) < 4.78 is 15.1. The van der Waals surface area contributed by atoms with Crippen LogP contribution in [0, 0.1) is 0 Å². The van der Waals surface area contributed by atoms with Gasteiger partial charge in [0.05, 0.1) is 12.7 Å². The highest BCUT2D eigenvalue weighted by atomic mass is 35.5. The maximum absolute atomic E-state index is 12.1. The maximum Gasteiger partial charge on any atom is 0.337 e. The molecule has 0 atom stereocenters. The summed E-state index contributed by atoms with van der Waals surface area (Å²) in [5, 5.41) is 7.02. The van der Waals surface area contributed by atoms with Gasteiger partial charge in [0.15, 0.2) is 6.61 Å². The third-order valence-corrected chi connectivity index (χ3v) is 3.92. The Morgan fingerprint density at radius 2 is 1.82 bits per heavy atom. The minimum atomic E-state index is -0.490. The normalized spacial score (nSPS) is 10.4. The molecular weight excluding hydrogens is 386 g/mol. The number of hydrogen-bond acceptors (Lipinski definition) is 7. The van der Waals surface area contributed by atoms with Gasteiger partial charge in [-0.25, -0.2) is 4.79 Å². The van der Waals surface area contributed by atoms with Crippen LogP contribution < -0.4 is 10.1 Å². The van der Waals surface area contributed by atoms with E-state index < -0.39 is 11.9 Å². The van der Waals surface area contributed by atoms with Crippen molar-refractivity contribution in [3.63, 3.8) is 0 Å². The SMILES string of the molecule is COC(=O)c1ccc(OCc2noc(C(=O)NCc3ccc(Cl)cc3)n2)cc1. The predicted octanol–water partition coefficient (Wildman–Crippen LogP) is 3.02. The number of benzene rings is 2. The number of nitrogens with one attached hydrogen (secondary N) is 1. The lowest BCUT2D eigenvalue weighted by Crippen LogP contribution is -2.23. The van der Waals surface area contributed by atoms with E-state index in [0.717, 1.165) is 5.56 Å². The molecule has 0 fully saturated rings. The maximum atomic E-state index is 12.1. The van der Waals surface area contributed by atoms with E-state index in [9.17, 15) is 9.59 Å². The molecule has 1 amide bonds. The Morgan fingerprint density at radius 3 is 2.50 bits per heavy atom. The van der Waals surface area contributed by atoms with Crippen molar-refractivity contribution in [3.8, 4) is 5.75 Å². The van der Waals surface area contributed by atoms with Crippen LogP contribution in [0.4, 0.5) is 0 Å². The summed E-state index contributed by atoms with van der Waals surface area (Å²) in [5.74, 6) is -0.358. The van der Waals surface area contributed by atoms with Gasteiger partial charge in [-0.1, -0.05) is 28.9 Å². The number of amides is 1. The number of ether oxygens (including phenoxy) is 2. The van der Waals surface area contributed by atoms with E-state index in [4.69, 9.17) is 20.9 Å². The Bertz CT molecular complexity index is 954. The lowest BCUT2D eigenvalue weighted by atomic mass is 10.2. The van der Waals surface area contributed by atoms with Gasteiger partial charge in [-0.3, -0.25) is 4.79 Å². The topological polar surface area (TPSA) is 104 Å². The molecule has 1 N–H and O–H groups in total. The zero-order valence-electron chi connectivity index (χ0n) is 14.8. The van der Waals surface area contributed by atoms with Gasteiger partial charge in [-0.15, -0.1) is 0 Å². The molecule has 9 heteroatoms. The van der Waals surface area contributed by atoms with Crippen molar-refractivity contribution in [1.82, 2.24) is 15.5 Å².